The Labute approximate surface area is 246 Å². The second kappa shape index (κ2) is 8.13. The van der Waals surface area contributed by atoms with Crippen LogP contribution in [0.15, 0.2) is 147 Å². The van der Waals surface area contributed by atoms with Gasteiger partial charge in [-0.05, 0) is 77.1 Å². The van der Waals surface area contributed by atoms with E-state index in [9.17, 15) is 0 Å². The first-order valence-corrected chi connectivity index (χ1v) is 15.6. The molecule has 0 saturated heterocycles. The number of para-hydroxylation sites is 3. The molecule has 7 aromatic rings. The Bertz CT molecular complexity index is 2110. The average Bonchev–Trinajstić information content (AvgIpc) is 3.36. The maximum absolute atomic E-state index is 2.47. The van der Waals surface area contributed by atoms with Gasteiger partial charge in [0, 0.05) is 53.1 Å². The summed E-state index contributed by atoms with van der Waals surface area (Å²) in [7, 11) is 0. The summed E-state index contributed by atoms with van der Waals surface area (Å²) in [5.74, 6) is 0. The molecule has 0 bridgehead atoms. The molecule has 0 N–H and O–H groups in total. The van der Waals surface area contributed by atoms with Crippen LogP contribution in [-0.2, 0) is 0 Å². The van der Waals surface area contributed by atoms with E-state index in [1.54, 1.807) is 0 Å². The maximum Gasteiger partial charge on any atom is 0.252 e. The summed E-state index contributed by atoms with van der Waals surface area (Å²) in [5, 5.41) is 2.60. The van der Waals surface area contributed by atoms with Crippen LogP contribution in [0.1, 0.15) is 0 Å². The van der Waals surface area contributed by atoms with Gasteiger partial charge in [-0.2, -0.15) is 0 Å². The number of benzene rings is 6. The molecular weight excluding hydrogens is 535 g/mol. The van der Waals surface area contributed by atoms with Crippen molar-refractivity contribution in [3.05, 3.63) is 127 Å². The second-order valence-electron chi connectivity index (χ2n) is 10.9. The highest BCUT2D eigenvalue weighted by Gasteiger charge is 2.45. The van der Waals surface area contributed by atoms with Crippen LogP contribution in [0, 0.1) is 0 Å². The molecule has 41 heavy (non-hydrogen) atoms. The Balaban J connectivity index is 1.26. The molecule has 6 aromatic carbocycles. The molecule has 0 radical (unpaired) electrons. The number of hydrogen-bond acceptors (Lipinski definition) is 3. The first kappa shape index (κ1) is 22.4. The lowest BCUT2D eigenvalue weighted by molar-refractivity contribution is 1.14. The Morgan fingerprint density at radius 1 is 0.439 bits per heavy atom. The molecule has 0 fully saturated rings. The molecule has 5 heteroatoms. The van der Waals surface area contributed by atoms with E-state index in [0.717, 1.165) is 0 Å². The summed E-state index contributed by atoms with van der Waals surface area (Å²) in [6, 6.07) is 47.0. The maximum atomic E-state index is 2.47. The van der Waals surface area contributed by atoms with Crippen molar-refractivity contribution in [1.29, 1.82) is 0 Å². The van der Waals surface area contributed by atoms with Crippen LogP contribution in [0.4, 0.5) is 17.1 Å². The van der Waals surface area contributed by atoms with Gasteiger partial charge in [-0.1, -0.05) is 90.3 Å². The third kappa shape index (κ3) is 2.92. The topological polar surface area (TPSA) is 8.17 Å². The van der Waals surface area contributed by atoms with Crippen LogP contribution in [-0.4, -0.2) is 11.3 Å². The molecule has 190 valence electrons. The molecule has 0 amide bonds. The molecule has 4 heterocycles. The SMILES string of the molecule is c1ccc(N2c3cccc4c3B3c5c(cc(-n6c7ccccc7c7ccccc76)cc5Sc5cccc2c53)S4)cc1. The van der Waals surface area contributed by atoms with Crippen LogP contribution >= 0.6 is 23.5 Å². The van der Waals surface area contributed by atoms with E-state index in [0.29, 0.717) is 0 Å². The summed E-state index contributed by atoms with van der Waals surface area (Å²) >= 11 is 3.87. The fourth-order valence-corrected chi connectivity index (χ4v) is 9.77. The Kier molecular flexibility index (Phi) is 4.44. The van der Waals surface area contributed by atoms with Gasteiger partial charge < -0.3 is 9.47 Å². The van der Waals surface area contributed by atoms with Crippen molar-refractivity contribution < 1.29 is 0 Å². The van der Waals surface area contributed by atoms with E-state index in [-0.39, 0.29) is 6.71 Å². The normalized spacial score (nSPS) is 14.0. The molecule has 0 spiro atoms. The zero-order chi connectivity index (χ0) is 26.7. The summed E-state index contributed by atoms with van der Waals surface area (Å²) in [6.45, 7) is 0.243. The zero-order valence-corrected chi connectivity index (χ0v) is 23.5. The van der Waals surface area contributed by atoms with Crippen molar-refractivity contribution in [1.82, 2.24) is 4.57 Å². The Morgan fingerprint density at radius 2 is 0.976 bits per heavy atom. The van der Waals surface area contributed by atoms with Gasteiger partial charge in [0.25, 0.3) is 6.71 Å². The van der Waals surface area contributed by atoms with Gasteiger partial charge in [-0.3, -0.25) is 0 Å². The van der Waals surface area contributed by atoms with Crippen molar-refractivity contribution in [2.45, 2.75) is 19.6 Å². The minimum Gasteiger partial charge on any atom is -0.311 e. The summed E-state index contributed by atoms with van der Waals surface area (Å²) in [5.41, 5.74) is 11.9. The molecular formula is C36H21BN2S2. The number of nitrogens with zero attached hydrogens (tertiary/aromatic N) is 2. The van der Waals surface area contributed by atoms with E-state index < -0.39 is 0 Å². The summed E-state index contributed by atoms with van der Waals surface area (Å²) < 4.78 is 2.46. The van der Waals surface area contributed by atoms with Crippen LogP contribution in [0.3, 0.4) is 0 Å². The molecule has 3 aliphatic rings. The Hall–Kier alpha value is -4.32. The minimum absolute atomic E-state index is 0.243. The third-order valence-corrected chi connectivity index (χ3v) is 11.1. The van der Waals surface area contributed by atoms with Crippen molar-refractivity contribution in [3.63, 3.8) is 0 Å². The highest BCUT2D eigenvalue weighted by Crippen LogP contribution is 2.47. The van der Waals surface area contributed by atoms with Crippen LogP contribution < -0.4 is 21.3 Å². The van der Waals surface area contributed by atoms with Gasteiger partial charge >= 0.3 is 0 Å². The van der Waals surface area contributed by atoms with Gasteiger partial charge in [0.05, 0.1) is 11.0 Å². The van der Waals surface area contributed by atoms with Gasteiger partial charge in [0.2, 0.25) is 0 Å². The predicted octanol–water partition coefficient (Wildman–Crippen LogP) is 8.01. The molecule has 0 unspecified atom stereocenters. The van der Waals surface area contributed by atoms with Crippen LogP contribution in [0.25, 0.3) is 27.5 Å². The largest absolute Gasteiger partial charge is 0.311 e. The zero-order valence-electron chi connectivity index (χ0n) is 21.9. The molecule has 10 rings (SSSR count). The lowest BCUT2D eigenvalue weighted by Gasteiger charge is -2.43. The second-order valence-corrected chi connectivity index (χ2v) is 13.1. The third-order valence-electron chi connectivity index (χ3n) is 8.82. The van der Waals surface area contributed by atoms with Crippen molar-refractivity contribution in [3.8, 4) is 5.69 Å². The van der Waals surface area contributed by atoms with E-state index in [2.05, 4.69) is 137 Å². The quantitative estimate of drug-likeness (QED) is 0.200. The van der Waals surface area contributed by atoms with Crippen molar-refractivity contribution >= 4 is 85.5 Å². The number of hydrogen-bond donors (Lipinski definition) is 0. The fourth-order valence-electron chi connectivity index (χ4n) is 7.24. The van der Waals surface area contributed by atoms with Crippen molar-refractivity contribution in [2.24, 2.45) is 0 Å². The van der Waals surface area contributed by atoms with Gasteiger partial charge in [-0.25, -0.2) is 0 Å². The lowest BCUT2D eigenvalue weighted by atomic mass is 9.34. The van der Waals surface area contributed by atoms with E-state index in [1.165, 1.54) is 80.5 Å². The smallest absolute Gasteiger partial charge is 0.252 e. The average molecular weight is 557 g/mol. The first-order chi connectivity index (χ1) is 20.3. The van der Waals surface area contributed by atoms with Crippen LogP contribution in [0.5, 0.6) is 0 Å². The van der Waals surface area contributed by atoms with Gasteiger partial charge in [-0.15, -0.1) is 0 Å². The minimum atomic E-state index is 0.243. The summed E-state index contributed by atoms with van der Waals surface area (Å²) in [4.78, 5) is 7.93. The molecule has 0 atom stereocenters. The van der Waals surface area contributed by atoms with E-state index >= 15 is 0 Å². The number of anilines is 3. The summed E-state index contributed by atoms with van der Waals surface area (Å²) in [6.07, 6.45) is 0. The fraction of sp³-hybridized carbons (Fsp3) is 0. The van der Waals surface area contributed by atoms with E-state index in [4.69, 9.17) is 0 Å². The molecule has 0 aliphatic carbocycles. The molecule has 0 saturated carbocycles. The number of aromatic nitrogens is 1. The van der Waals surface area contributed by atoms with Crippen molar-refractivity contribution in [2.75, 3.05) is 4.90 Å². The van der Waals surface area contributed by atoms with E-state index in [1.807, 2.05) is 23.5 Å². The lowest BCUT2D eigenvalue weighted by Crippen LogP contribution is -2.62. The predicted molar refractivity (Wildman–Crippen MR) is 175 cm³/mol. The molecule has 3 aliphatic heterocycles. The van der Waals surface area contributed by atoms with Crippen LogP contribution in [0.2, 0.25) is 0 Å². The Morgan fingerprint density at radius 3 is 1.56 bits per heavy atom. The standard InChI is InChI=1S/C36H21BN2S2/c1-2-10-22(11-3-1)38-28-16-8-18-30-34(28)37-35-29(38)17-9-19-31(35)41-33-21-23(20-32(40-30)36(33)37)39-26-14-6-4-12-24(26)25-13-5-7-15-27(25)39/h1-21H. The highest BCUT2D eigenvalue weighted by atomic mass is 32.2. The first-order valence-electron chi connectivity index (χ1n) is 14.0. The highest BCUT2D eigenvalue weighted by molar-refractivity contribution is 8.01. The molecule has 2 nitrogen and oxygen atoms in total. The number of fused-ring (bicyclic) bond motifs is 3. The van der Waals surface area contributed by atoms with Gasteiger partial charge in [0.15, 0.2) is 0 Å². The molecule has 1 aromatic heterocycles. The number of rotatable bonds is 2. The monoisotopic (exact) mass is 556 g/mol. The van der Waals surface area contributed by atoms with Gasteiger partial charge in [0.1, 0.15) is 0 Å².